The molecule has 35 heavy (non-hydrogen) atoms. The Morgan fingerprint density at radius 1 is 1.00 bits per heavy atom. The lowest BCUT2D eigenvalue weighted by molar-refractivity contribution is -0.119. The first-order chi connectivity index (χ1) is 17.0. The average Bonchev–Trinajstić information content (AvgIpc) is 3.43. The van der Waals surface area contributed by atoms with Gasteiger partial charge < -0.3 is 14.6 Å². The molecule has 0 saturated carbocycles. The SMILES string of the molecule is CCOc1ccc(N(CC(=O)NCc2ccc(-n3ccnc3)cc2)S(=O)(=O)c2ccccc2)cc1. The number of hydrogen-bond acceptors (Lipinski definition) is 5. The van der Waals surface area contributed by atoms with Gasteiger partial charge in [0, 0.05) is 24.6 Å². The predicted octanol–water partition coefficient (Wildman–Crippen LogP) is 3.78. The molecule has 1 N–H and O–H groups in total. The Labute approximate surface area is 204 Å². The third-order valence-electron chi connectivity index (χ3n) is 5.28. The van der Waals surface area contributed by atoms with E-state index in [0.29, 0.717) is 18.0 Å². The molecule has 3 aromatic carbocycles. The summed E-state index contributed by atoms with van der Waals surface area (Å²) in [5.41, 5.74) is 2.21. The smallest absolute Gasteiger partial charge is 0.264 e. The Balaban J connectivity index is 1.49. The molecule has 4 rings (SSSR count). The number of nitrogens with one attached hydrogen (secondary N) is 1. The zero-order valence-corrected chi connectivity index (χ0v) is 20.1. The average molecular weight is 491 g/mol. The maximum absolute atomic E-state index is 13.4. The molecule has 9 heteroatoms. The quantitative estimate of drug-likeness (QED) is 0.365. The van der Waals surface area contributed by atoms with E-state index in [4.69, 9.17) is 4.74 Å². The second kappa shape index (κ2) is 10.9. The summed E-state index contributed by atoms with van der Waals surface area (Å²) < 4.78 is 35.3. The molecule has 0 radical (unpaired) electrons. The van der Waals surface area contributed by atoms with Crippen LogP contribution in [0.1, 0.15) is 12.5 Å². The predicted molar refractivity (Wildman–Crippen MR) is 134 cm³/mol. The van der Waals surface area contributed by atoms with Gasteiger partial charge in [-0.05, 0) is 61.0 Å². The first-order valence-electron chi connectivity index (χ1n) is 11.1. The van der Waals surface area contributed by atoms with Gasteiger partial charge in [-0.15, -0.1) is 0 Å². The lowest BCUT2D eigenvalue weighted by Gasteiger charge is -2.24. The summed E-state index contributed by atoms with van der Waals surface area (Å²) in [5.74, 6) is 0.203. The van der Waals surface area contributed by atoms with Gasteiger partial charge in [0.2, 0.25) is 5.91 Å². The van der Waals surface area contributed by atoms with Crippen molar-refractivity contribution in [2.24, 2.45) is 0 Å². The second-order valence-corrected chi connectivity index (χ2v) is 9.53. The zero-order chi connectivity index (χ0) is 24.7. The lowest BCUT2D eigenvalue weighted by atomic mass is 10.2. The number of nitrogens with zero attached hydrogens (tertiary/aromatic N) is 3. The first kappa shape index (κ1) is 24.0. The van der Waals surface area contributed by atoms with Gasteiger partial charge in [-0.2, -0.15) is 0 Å². The minimum atomic E-state index is -3.96. The van der Waals surface area contributed by atoms with E-state index in [1.165, 1.54) is 12.1 Å². The first-order valence-corrected chi connectivity index (χ1v) is 12.6. The van der Waals surface area contributed by atoms with Crippen molar-refractivity contribution < 1.29 is 17.9 Å². The van der Waals surface area contributed by atoms with Gasteiger partial charge in [0.05, 0.1) is 23.5 Å². The molecule has 0 aliphatic heterocycles. The Morgan fingerprint density at radius 2 is 1.71 bits per heavy atom. The highest BCUT2D eigenvalue weighted by Crippen LogP contribution is 2.25. The number of carbonyl (C=O) groups is 1. The Morgan fingerprint density at radius 3 is 2.34 bits per heavy atom. The van der Waals surface area contributed by atoms with Crippen LogP contribution in [0, 0.1) is 0 Å². The van der Waals surface area contributed by atoms with E-state index in [9.17, 15) is 13.2 Å². The topological polar surface area (TPSA) is 93.5 Å². The monoisotopic (exact) mass is 490 g/mol. The van der Waals surface area contributed by atoms with Crippen LogP contribution in [0.25, 0.3) is 5.69 Å². The van der Waals surface area contributed by atoms with Crippen molar-refractivity contribution in [2.75, 3.05) is 17.5 Å². The summed E-state index contributed by atoms with van der Waals surface area (Å²) >= 11 is 0. The molecule has 1 heterocycles. The molecule has 1 aromatic heterocycles. The fourth-order valence-electron chi connectivity index (χ4n) is 3.49. The van der Waals surface area contributed by atoms with Crippen molar-refractivity contribution in [1.29, 1.82) is 0 Å². The van der Waals surface area contributed by atoms with E-state index in [-0.39, 0.29) is 18.0 Å². The van der Waals surface area contributed by atoms with Gasteiger partial charge in [0.25, 0.3) is 10.0 Å². The number of ether oxygens (including phenoxy) is 1. The van der Waals surface area contributed by atoms with Crippen LogP contribution in [-0.2, 0) is 21.4 Å². The number of carbonyl (C=O) groups excluding carboxylic acids is 1. The Hall–Kier alpha value is -4.11. The highest BCUT2D eigenvalue weighted by molar-refractivity contribution is 7.92. The van der Waals surface area contributed by atoms with Crippen LogP contribution in [-0.4, -0.2) is 37.0 Å². The Bertz CT molecular complexity index is 1340. The van der Waals surface area contributed by atoms with E-state index in [2.05, 4.69) is 10.3 Å². The fourth-order valence-corrected chi connectivity index (χ4v) is 4.94. The normalized spacial score (nSPS) is 11.1. The highest BCUT2D eigenvalue weighted by atomic mass is 32.2. The number of aromatic nitrogens is 2. The van der Waals surface area contributed by atoms with Gasteiger partial charge in [-0.1, -0.05) is 30.3 Å². The van der Waals surface area contributed by atoms with Gasteiger partial charge >= 0.3 is 0 Å². The molecule has 0 atom stereocenters. The molecule has 0 bridgehead atoms. The van der Waals surface area contributed by atoms with Crippen LogP contribution in [0.15, 0.2) is 102 Å². The second-order valence-electron chi connectivity index (χ2n) is 7.66. The van der Waals surface area contributed by atoms with Crippen LogP contribution < -0.4 is 14.4 Å². The molecular weight excluding hydrogens is 464 g/mol. The van der Waals surface area contributed by atoms with Gasteiger partial charge in [0.15, 0.2) is 0 Å². The van der Waals surface area contributed by atoms with Crippen molar-refractivity contribution in [3.05, 3.63) is 103 Å². The van der Waals surface area contributed by atoms with E-state index in [0.717, 1.165) is 15.6 Å². The summed E-state index contributed by atoms with van der Waals surface area (Å²) in [7, 11) is -3.96. The van der Waals surface area contributed by atoms with Crippen LogP contribution in [0.5, 0.6) is 5.75 Å². The molecule has 8 nitrogen and oxygen atoms in total. The standard InChI is InChI=1S/C26H26N4O4S/c1-2-34-24-14-12-23(13-15-24)30(35(32,33)25-6-4-3-5-7-25)19-26(31)28-18-21-8-10-22(11-9-21)29-17-16-27-20-29/h3-17,20H,2,18-19H2,1H3,(H,28,31). The summed E-state index contributed by atoms with van der Waals surface area (Å²) in [4.78, 5) is 17.0. The Kier molecular flexibility index (Phi) is 7.47. The molecule has 4 aromatic rings. The van der Waals surface area contributed by atoms with E-state index in [1.807, 2.05) is 42.0 Å². The van der Waals surface area contributed by atoms with Gasteiger partial charge in [0.1, 0.15) is 12.3 Å². The summed E-state index contributed by atoms with van der Waals surface area (Å²) in [6, 6.07) is 22.4. The molecule has 0 fully saturated rings. The minimum Gasteiger partial charge on any atom is -0.494 e. The zero-order valence-electron chi connectivity index (χ0n) is 19.2. The van der Waals surface area contributed by atoms with Gasteiger partial charge in [-0.25, -0.2) is 13.4 Å². The summed E-state index contributed by atoms with van der Waals surface area (Å²) in [6.45, 7) is 2.27. The number of sulfonamides is 1. The van der Waals surface area contributed by atoms with E-state index in [1.54, 1.807) is 55.0 Å². The van der Waals surface area contributed by atoms with Crippen molar-refractivity contribution in [2.45, 2.75) is 18.4 Å². The molecule has 1 amide bonds. The fraction of sp³-hybridized carbons (Fsp3) is 0.154. The molecule has 180 valence electrons. The number of rotatable bonds is 10. The summed E-state index contributed by atoms with van der Waals surface area (Å²) in [6.07, 6.45) is 5.26. The van der Waals surface area contributed by atoms with Crippen LogP contribution in [0.4, 0.5) is 5.69 Å². The molecular formula is C26H26N4O4S. The maximum atomic E-state index is 13.4. The number of anilines is 1. The van der Waals surface area contributed by atoms with Crippen molar-refractivity contribution >= 4 is 21.6 Å². The number of hydrogen-bond donors (Lipinski definition) is 1. The van der Waals surface area contributed by atoms with Crippen molar-refractivity contribution in [1.82, 2.24) is 14.9 Å². The third kappa shape index (κ3) is 5.88. The van der Waals surface area contributed by atoms with Crippen LogP contribution >= 0.6 is 0 Å². The molecule has 0 spiro atoms. The van der Waals surface area contributed by atoms with E-state index < -0.39 is 15.9 Å². The van der Waals surface area contributed by atoms with Gasteiger partial charge in [-0.3, -0.25) is 9.10 Å². The van der Waals surface area contributed by atoms with E-state index >= 15 is 0 Å². The number of benzene rings is 3. The summed E-state index contributed by atoms with van der Waals surface area (Å²) in [5, 5.41) is 2.82. The number of imidazole rings is 1. The van der Waals surface area contributed by atoms with Crippen LogP contribution in [0.2, 0.25) is 0 Å². The minimum absolute atomic E-state index is 0.108. The lowest BCUT2D eigenvalue weighted by Crippen LogP contribution is -2.40. The largest absolute Gasteiger partial charge is 0.494 e. The van der Waals surface area contributed by atoms with Crippen molar-refractivity contribution in [3.8, 4) is 11.4 Å². The van der Waals surface area contributed by atoms with Crippen LogP contribution in [0.3, 0.4) is 0 Å². The molecule has 0 unspecified atom stereocenters. The highest BCUT2D eigenvalue weighted by Gasteiger charge is 2.27. The molecule has 0 aliphatic rings. The number of amides is 1. The van der Waals surface area contributed by atoms with Crippen molar-refractivity contribution in [3.63, 3.8) is 0 Å². The third-order valence-corrected chi connectivity index (χ3v) is 7.07. The maximum Gasteiger partial charge on any atom is 0.264 e. The molecule has 0 saturated heterocycles. The molecule has 0 aliphatic carbocycles.